The molecule has 0 aliphatic heterocycles. The van der Waals surface area contributed by atoms with Crippen LogP contribution in [0.5, 0.6) is 0 Å². The molecule has 1 N–H and O–H groups in total. The summed E-state index contributed by atoms with van der Waals surface area (Å²) in [5.41, 5.74) is 0. The van der Waals surface area contributed by atoms with Crippen molar-refractivity contribution >= 4 is 11.9 Å². The molecule has 1 fully saturated rings. The zero-order chi connectivity index (χ0) is 12.3. The van der Waals surface area contributed by atoms with Gasteiger partial charge in [0.1, 0.15) is 0 Å². The molecule has 3 unspecified atom stereocenters. The van der Waals surface area contributed by atoms with Crippen LogP contribution < -0.4 is 0 Å². The molecule has 0 aromatic rings. The third-order valence-corrected chi connectivity index (χ3v) is 3.41. The van der Waals surface area contributed by atoms with E-state index in [2.05, 4.69) is 18.6 Å². The fraction of sp³-hybridized carbons (Fsp3) is 0.833. The molecule has 0 saturated heterocycles. The minimum atomic E-state index is -1.06. The van der Waals surface area contributed by atoms with Gasteiger partial charge in [0, 0.05) is 0 Å². The van der Waals surface area contributed by atoms with Gasteiger partial charge in [0.15, 0.2) is 5.92 Å². The predicted molar refractivity (Wildman–Crippen MR) is 58.8 cm³/mol. The Labute approximate surface area is 96.0 Å². The van der Waals surface area contributed by atoms with Crippen LogP contribution in [0.3, 0.4) is 0 Å². The van der Waals surface area contributed by atoms with Crippen LogP contribution in [-0.2, 0) is 14.3 Å². The second kappa shape index (κ2) is 5.32. The van der Waals surface area contributed by atoms with Crippen LogP contribution in [0.1, 0.15) is 33.1 Å². The number of carboxylic acids is 1. The summed E-state index contributed by atoms with van der Waals surface area (Å²) < 4.78 is 4.58. The van der Waals surface area contributed by atoms with E-state index in [9.17, 15) is 9.59 Å². The summed E-state index contributed by atoms with van der Waals surface area (Å²) >= 11 is 0. The first-order valence-electron chi connectivity index (χ1n) is 5.76. The number of aliphatic carboxylic acids is 1. The largest absolute Gasteiger partial charge is 0.481 e. The minimum Gasteiger partial charge on any atom is -0.481 e. The Morgan fingerprint density at radius 1 is 1.19 bits per heavy atom. The number of carboxylic acid groups (broad SMARTS) is 1. The first-order valence-corrected chi connectivity index (χ1v) is 5.76. The lowest BCUT2D eigenvalue weighted by Gasteiger charge is -2.33. The van der Waals surface area contributed by atoms with Crippen LogP contribution in [0, 0.1) is 23.7 Å². The molecule has 0 heterocycles. The van der Waals surface area contributed by atoms with Crippen LogP contribution in [0.15, 0.2) is 0 Å². The van der Waals surface area contributed by atoms with Gasteiger partial charge in [0.05, 0.1) is 7.11 Å². The van der Waals surface area contributed by atoms with Crippen molar-refractivity contribution in [2.24, 2.45) is 23.7 Å². The lowest BCUT2D eigenvalue weighted by molar-refractivity contribution is -0.160. The maximum Gasteiger partial charge on any atom is 0.320 e. The van der Waals surface area contributed by atoms with E-state index in [0.717, 1.165) is 19.3 Å². The van der Waals surface area contributed by atoms with E-state index in [-0.39, 0.29) is 5.92 Å². The van der Waals surface area contributed by atoms with Gasteiger partial charge in [-0.1, -0.05) is 13.8 Å². The number of hydrogen-bond acceptors (Lipinski definition) is 3. The van der Waals surface area contributed by atoms with Crippen molar-refractivity contribution in [3.05, 3.63) is 0 Å². The number of methoxy groups -OCH3 is 1. The molecule has 1 saturated carbocycles. The molecule has 4 nitrogen and oxygen atoms in total. The van der Waals surface area contributed by atoms with Crippen LogP contribution in [-0.4, -0.2) is 24.2 Å². The van der Waals surface area contributed by atoms with Gasteiger partial charge in [-0.15, -0.1) is 0 Å². The lowest BCUT2D eigenvalue weighted by atomic mass is 9.71. The normalized spacial score (nSPS) is 31.8. The third-order valence-electron chi connectivity index (χ3n) is 3.41. The number of rotatable bonds is 3. The summed E-state index contributed by atoms with van der Waals surface area (Å²) in [6, 6.07) is 0. The van der Waals surface area contributed by atoms with E-state index in [0.29, 0.717) is 11.8 Å². The molecule has 1 rings (SSSR count). The summed E-state index contributed by atoms with van der Waals surface area (Å²) in [6.07, 6.45) is 2.72. The summed E-state index contributed by atoms with van der Waals surface area (Å²) in [4.78, 5) is 22.6. The number of carbonyl (C=O) groups excluding carboxylic acids is 1. The first-order chi connectivity index (χ1) is 7.45. The monoisotopic (exact) mass is 228 g/mol. The summed E-state index contributed by atoms with van der Waals surface area (Å²) in [5, 5.41) is 9.10. The molecular weight excluding hydrogens is 208 g/mol. The highest BCUT2D eigenvalue weighted by atomic mass is 16.5. The number of ether oxygens (including phenoxy) is 1. The smallest absolute Gasteiger partial charge is 0.320 e. The standard InChI is InChI=1S/C12H20O4/c1-7-4-8(2)6-9(5-7)10(11(13)14)12(15)16-3/h7-10H,4-6H2,1-3H3,(H,13,14). The van der Waals surface area contributed by atoms with Gasteiger partial charge in [-0.25, -0.2) is 0 Å². The van der Waals surface area contributed by atoms with Gasteiger partial charge >= 0.3 is 11.9 Å². The zero-order valence-corrected chi connectivity index (χ0v) is 10.1. The van der Waals surface area contributed by atoms with Crippen molar-refractivity contribution in [1.82, 2.24) is 0 Å². The van der Waals surface area contributed by atoms with Gasteiger partial charge in [0.25, 0.3) is 0 Å². The molecule has 1 aliphatic rings. The Bertz CT molecular complexity index is 264. The number of esters is 1. The second-order valence-electron chi connectivity index (χ2n) is 5.02. The molecule has 0 aromatic heterocycles. The van der Waals surface area contributed by atoms with Gasteiger partial charge < -0.3 is 9.84 Å². The molecule has 92 valence electrons. The van der Waals surface area contributed by atoms with Crippen LogP contribution in [0.25, 0.3) is 0 Å². The second-order valence-corrected chi connectivity index (χ2v) is 5.02. The Hall–Kier alpha value is -1.06. The zero-order valence-electron chi connectivity index (χ0n) is 10.1. The minimum absolute atomic E-state index is 0.0799. The maximum absolute atomic E-state index is 11.5. The SMILES string of the molecule is COC(=O)C(C(=O)O)C1CC(C)CC(C)C1. The molecule has 1 aliphatic carbocycles. The van der Waals surface area contributed by atoms with Gasteiger partial charge in [-0.2, -0.15) is 0 Å². The fourth-order valence-electron chi connectivity index (χ4n) is 2.90. The summed E-state index contributed by atoms with van der Waals surface area (Å²) in [5.74, 6) is -1.77. The van der Waals surface area contributed by atoms with Gasteiger partial charge in [0.2, 0.25) is 0 Å². The van der Waals surface area contributed by atoms with Crippen LogP contribution >= 0.6 is 0 Å². The average molecular weight is 228 g/mol. The van der Waals surface area contributed by atoms with E-state index in [1.807, 2.05) is 0 Å². The number of hydrogen-bond donors (Lipinski definition) is 1. The molecule has 0 amide bonds. The highest BCUT2D eigenvalue weighted by Crippen LogP contribution is 2.37. The topological polar surface area (TPSA) is 63.6 Å². The Morgan fingerprint density at radius 3 is 2.06 bits per heavy atom. The van der Waals surface area contributed by atoms with Crippen molar-refractivity contribution in [2.75, 3.05) is 7.11 Å². The lowest BCUT2D eigenvalue weighted by Crippen LogP contribution is -2.36. The Morgan fingerprint density at radius 2 is 1.69 bits per heavy atom. The Balaban J connectivity index is 2.78. The van der Waals surface area contributed by atoms with E-state index in [4.69, 9.17) is 5.11 Å². The van der Waals surface area contributed by atoms with Gasteiger partial charge in [-0.05, 0) is 37.0 Å². The third kappa shape index (κ3) is 2.97. The van der Waals surface area contributed by atoms with Crippen molar-refractivity contribution in [2.45, 2.75) is 33.1 Å². The highest BCUT2D eigenvalue weighted by molar-refractivity contribution is 5.94. The predicted octanol–water partition coefficient (Wildman–Crippen LogP) is 1.93. The highest BCUT2D eigenvalue weighted by Gasteiger charge is 2.39. The molecule has 0 bridgehead atoms. The molecule has 3 atom stereocenters. The summed E-state index contributed by atoms with van der Waals surface area (Å²) in [7, 11) is 1.24. The van der Waals surface area contributed by atoms with E-state index < -0.39 is 17.9 Å². The van der Waals surface area contributed by atoms with E-state index in [1.54, 1.807) is 0 Å². The molecule has 0 radical (unpaired) electrons. The average Bonchev–Trinajstić information content (AvgIpc) is 2.15. The van der Waals surface area contributed by atoms with Gasteiger partial charge in [-0.3, -0.25) is 9.59 Å². The van der Waals surface area contributed by atoms with E-state index in [1.165, 1.54) is 7.11 Å². The molecule has 16 heavy (non-hydrogen) atoms. The quantitative estimate of drug-likeness (QED) is 0.592. The van der Waals surface area contributed by atoms with Crippen molar-refractivity contribution < 1.29 is 19.4 Å². The van der Waals surface area contributed by atoms with Crippen LogP contribution in [0.2, 0.25) is 0 Å². The fourth-order valence-corrected chi connectivity index (χ4v) is 2.90. The Kier molecular flexibility index (Phi) is 4.33. The van der Waals surface area contributed by atoms with Crippen molar-refractivity contribution in [3.8, 4) is 0 Å². The van der Waals surface area contributed by atoms with E-state index >= 15 is 0 Å². The molecule has 4 heteroatoms. The van der Waals surface area contributed by atoms with Crippen LogP contribution in [0.4, 0.5) is 0 Å². The van der Waals surface area contributed by atoms with Crippen molar-refractivity contribution in [3.63, 3.8) is 0 Å². The maximum atomic E-state index is 11.5. The van der Waals surface area contributed by atoms with Crippen molar-refractivity contribution in [1.29, 1.82) is 0 Å². The molecule has 0 spiro atoms. The first kappa shape index (κ1) is 13.0. The molecule has 0 aromatic carbocycles. The number of carbonyl (C=O) groups is 2. The summed E-state index contributed by atoms with van der Waals surface area (Å²) in [6.45, 7) is 4.22. The molecular formula is C12H20O4.